The molecule has 0 aromatic heterocycles. The van der Waals surface area contributed by atoms with E-state index in [4.69, 9.17) is 11.2 Å². The van der Waals surface area contributed by atoms with E-state index in [0.717, 1.165) is 25.2 Å². The zero-order valence-corrected chi connectivity index (χ0v) is 22.3. The Balaban J connectivity index is 1.19. The van der Waals surface area contributed by atoms with Gasteiger partial charge >= 0.3 is 6.09 Å². The molecule has 0 unspecified atom stereocenters. The molecule has 3 aromatic rings. The largest absolute Gasteiger partial charge is 0.448 e. The molecule has 2 aliphatic rings. The summed E-state index contributed by atoms with van der Waals surface area (Å²) in [6.45, 7) is 8.38. The van der Waals surface area contributed by atoms with Gasteiger partial charge in [0.05, 0.1) is 0 Å². The summed E-state index contributed by atoms with van der Waals surface area (Å²) in [7, 11) is 0. The van der Waals surface area contributed by atoms with E-state index < -0.39 is 0 Å². The van der Waals surface area contributed by atoms with Crippen molar-refractivity contribution in [2.75, 3.05) is 32.8 Å². The monoisotopic (exact) mass is 576 g/mol. The van der Waals surface area contributed by atoms with E-state index in [1.807, 2.05) is 4.90 Å². The summed E-state index contributed by atoms with van der Waals surface area (Å²) in [4.78, 5) is 17.2. The van der Waals surface area contributed by atoms with Gasteiger partial charge in [-0.05, 0) is 81.4 Å². The van der Waals surface area contributed by atoms with E-state index in [-0.39, 0.29) is 12.0 Å². The third-order valence-electron chi connectivity index (χ3n) is 7.40. The SMILES string of the molecule is C#Cc1c(C)c(I)cc(CN2CCN(C(=O)OCC3c4ccccc4-c4ccccc43)CC2)c1C. The number of ether oxygens (including phenoxy) is 1. The second-order valence-electron chi connectivity index (χ2n) is 9.35. The van der Waals surface area contributed by atoms with Gasteiger partial charge in [-0.3, -0.25) is 4.90 Å². The predicted octanol–water partition coefficient (Wildman–Crippen LogP) is 5.96. The average Bonchev–Trinajstić information content (AvgIpc) is 3.20. The second-order valence-corrected chi connectivity index (χ2v) is 10.5. The van der Waals surface area contributed by atoms with Crippen LogP contribution in [0.4, 0.5) is 4.79 Å². The van der Waals surface area contributed by atoms with Gasteiger partial charge in [-0.15, -0.1) is 6.42 Å². The molecule has 0 spiro atoms. The summed E-state index contributed by atoms with van der Waals surface area (Å²) in [5.74, 6) is 2.95. The lowest BCUT2D eigenvalue weighted by Crippen LogP contribution is -2.48. The lowest BCUT2D eigenvalue weighted by Gasteiger charge is -2.34. The number of terminal acetylenes is 1. The maximum absolute atomic E-state index is 12.9. The third-order valence-corrected chi connectivity index (χ3v) is 8.52. The molecule has 5 heteroatoms. The van der Waals surface area contributed by atoms with Gasteiger partial charge in [0.2, 0.25) is 0 Å². The van der Waals surface area contributed by atoms with Crippen LogP contribution < -0.4 is 0 Å². The fourth-order valence-electron chi connectivity index (χ4n) is 5.33. The Kier molecular flexibility index (Phi) is 6.86. The van der Waals surface area contributed by atoms with E-state index >= 15 is 0 Å². The quantitative estimate of drug-likeness (QED) is 0.284. The summed E-state index contributed by atoms with van der Waals surface area (Å²) in [6.07, 6.45) is 5.56. The first-order chi connectivity index (χ1) is 17.0. The molecule has 0 radical (unpaired) electrons. The molecule has 0 atom stereocenters. The van der Waals surface area contributed by atoms with E-state index in [1.54, 1.807) is 0 Å². The first-order valence-corrected chi connectivity index (χ1v) is 13.1. The number of amides is 1. The summed E-state index contributed by atoms with van der Waals surface area (Å²) in [6, 6.07) is 19.1. The highest BCUT2D eigenvalue weighted by Gasteiger charge is 2.30. The van der Waals surface area contributed by atoms with Crippen molar-refractivity contribution in [3.63, 3.8) is 0 Å². The third kappa shape index (κ3) is 4.57. The number of piperazine rings is 1. The van der Waals surface area contributed by atoms with Gasteiger partial charge < -0.3 is 9.64 Å². The molecule has 35 heavy (non-hydrogen) atoms. The molecule has 0 bridgehead atoms. The molecule has 1 aliphatic carbocycles. The standard InChI is InChI=1S/C30H29IN2O2/c1-4-23-20(2)22(17-29(31)21(23)3)18-32-13-15-33(16-14-32)30(34)35-19-28-26-11-7-5-9-24(26)25-10-6-8-12-27(25)28/h1,5-12,17,28H,13-16,18-19H2,2-3H3. The molecule has 3 aromatic carbocycles. The number of hydrogen-bond donors (Lipinski definition) is 0. The summed E-state index contributed by atoms with van der Waals surface area (Å²) < 4.78 is 7.06. The number of hydrogen-bond acceptors (Lipinski definition) is 3. The Bertz CT molecular complexity index is 1270. The number of rotatable bonds is 4. The average molecular weight is 576 g/mol. The van der Waals surface area contributed by atoms with Crippen molar-refractivity contribution in [3.05, 3.63) is 91.5 Å². The van der Waals surface area contributed by atoms with Crippen molar-refractivity contribution in [2.45, 2.75) is 26.3 Å². The molecule has 0 N–H and O–H groups in total. The Labute approximate surface area is 221 Å². The van der Waals surface area contributed by atoms with E-state index in [0.29, 0.717) is 19.7 Å². The van der Waals surface area contributed by atoms with Crippen LogP contribution in [0.1, 0.15) is 39.3 Å². The highest BCUT2D eigenvalue weighted by molar-refractivity contribution is 14.1. The van der Waals surface area contributed by atoms with Crippen LogP contribution >= 0.6 is 22.6 Å². The number of halogens is 1. The van der Waals surface area contributed by atoms with E-state index in [1.165, 1.54) is 42.5 Å². The first-order valence-electron chi connectivity index (χ1n) is 12.1. The highest BCUT2D eigenvalue weighted by atomic mass is 127. The first kappa shape index (κ1) is 23.9. The van der Waals surface area contributed by atoms with Gasteiger partial charge in [0.25, 0.3) is 0 Å². The highest BCUT2D eigenvalue weighted by Crippen LogP contribution is 2.44. The second kappa shape index (κ2) is 10.0. The zero-order chi connectivity index (χ0) is 24.5. The van der Waals surface area contributed by atoms with Crippen molar-refractivity contribution >= 4 is 28.7 Å². The summed E-state index contributed by atoms with van der Waals surface area (Å²) in [5, 5.41) is 0. The topological polar surface area (TPSA) is 32.8 Å². The van der Waals surface area contributed by atoms with Crippen LogP contribution in [0, 0.1) is 29.8 Å². The van der Waals surface area contributed by atoms with Gasteiger partial charge in [-0.25, -0.2) is 4.79 Å². The van der Waals surface area contributed by atoms with Gasteiger partial charge in [-0.2, -0.15) is 0 Å². The minimum atomic E-state index is -0.220. The van der Waals surface area contributed by atoms with Crippen LogP contribution in [0.3, 0.4) is 0 Å². The Morgan fingerprint density at radius 2 is 1.60 bits per heavy atom. The lowest BCUT2D eigenvalue weighted by atomic mass is 9.97. The maximum atomic E-state index is 12.9. The molecular weight excluding hydrogens is 547 g/mol. The van der Waals surface area contributed by atoms with Crippen molar-refractivity contribution in [3.8, 4) is 23.5 Å². The molecule has 0 saturated carbocycles. The molecular formula is C30H29IN2O2. The zero-order valence-electron chi connectivity index (χ0n) is 20.2. The fourth-order valence-corrected chi connectivity index (χ4v) is 5.97. The molecule has 4 nitrogen and oxygen atoms in total. The Hall–Kier alpha value is -2.82. The molecule has 178 valence electrons. The molecule has 1 heterocycles. The van der Waals surface area contributed by atoms with Crippen LogP contribution in [-0.2, 0) is 11.3 Å². The summed E-state index contributed by atoms with van der Waals surface area (Å²) >= 11 is 2.36. The van der Waals surface area contributed by atoms with Crippen molar-refractivity contribution in [1.82, 2.24) is 9.80 Å². The van der Waals surface area contributed by atoms with Crippen LogP contribution in [0.15, 0.2) is 54.6 Å². The number of benzene rings is 3. The van der Waals surface area contributed by atoms with Crippen molar-refractivity contribution in [2.24, 2.45) is 0 Å². The summed E-state index contributed by atoms with van der Waals surface area (Å²) in [5.41, 5.74) is 9.59. The molecule has 1 amide bonds. The van der Waals surface area contributed by atoms with Crippen LogP contribution in [0.2, 0.25) is 0 Å². The fraction of sp³-hybridized carbons (Fsp3) is 0.300. The Morgan fingerprint density at radius 1 is 1.00 bits per heavy atom. The number of carbonyl (C=O) groups excluding carboxylic acids is 1. The molecule has 1 aliphatic heterocycles. The Morgan fingerprint density at radius 3 is 2.20 bits per heavy atom. The predicted molar refractivity (Wildman–Crippen MR) is 148 cm³/mol. The lowest BCUT2D eigenvalue weighted by molar-refractivity contribution is 0.0728. The minimum absolute atomic E-state index is 0.0879. The van der Waals surface area contributed by atoms with Gasteiger partial charge in [0.15, 0.2) is 0 Å². The number of carbonyl (C=O) groups is 1. The number of fused-ring (bicyclic) bond motifs is 3. The number of nitrogens with zero attached hydrogens (tertiary/aromatic N) is 2. The van der Waals surface area contributed by atoms with Crippen molar-refractivity contribution in [1.29, 1.82) is 0 Å². The van der Waals surface area contributed by atoms with E-state index in [2.05, 4.69) is 102 Å². The molecule has 1 fully saturated rings. The molecule has 1 saturated heterocycles. The van der Waals surface area contributed by atoms with Gasteiger partial charge in [0, 0.05) is 47.8 Å². The maximum Gasteiger partial charge on any atom is 0.409 e. The van der Waals surface area contributed by atoms with Gasteiger partial charge in [0.1, 0.15) is 6.61 Å². The van der Waals surface area contributed by atoms with Gasteiger partial charge in [-0.1, -0.05) is 54.5 Å². The minimum Gasteiger partial charge on any atom is -0.448 e. The molecule has 5 rings (SSSR count). The van der Waals surface area contributed by atoms with Crippen LogP contribution in [-0.4, -0.2) is 48.7 Å². The van der Waals surface area contributed by atoms with E-state index in [9.17, 15) is 4.79 Å². The normalized spacial score (nSPS) is 15.4. The van der Waals surface area contributed by atoms with Crippen molar-refractivity contribution < 1.29 is 9.53 Å². The smallest absolute Gasteiger partial charge is 0.409 e. The van der Waals surface area contributed by atoms with Crippen LogP contribution in [0.5, 0.6) is 0 Å². The van der Waals surface area contributed by atoms with Crippen LogP contribution in [0.25, 0.3) is 11.1 Å².